The van der Waals surface area contributed by atoms with Gasteiger partial charge < -0.3 is 14.4 Å². The average molecular weight is 498 g/mol. The van der Waals surface area contributed by atoms with E-state index in [0.717, 1.165) is 22.9 Å². The number of halogens is 1. The van der Waals surface area contributed by atoms with Gasteiger partial charge in [-0.1, -0.05) is 18.2 Å². The fourth-order valence-electron chi connectivity index (χ4n) is 4.02. The van der Waals surface area contributed by atoms with Gasteiger partial charge in [-0.25, -0.2) is 12.8 Å². The number of hydrogen-bond acceptors (Lipinski definition) is 5. The van der Waals surface area contributed by atoms with E-state index in [1.165, 1.54) is 24.3 Å². The zero-order valence-electron chi connectivity index (χ0n) is 20.0. The summed E-state index contributed by atoms with van der Waals surface area (Å²) in [6.45, 7) is 4.83. The summed E-state index contributed by atoms with van der Waals surface area (Å²) in [5.41, 5.74) is 3.05. The van der Waals surface area contributed by atoms with E-state index in [-0.39, 0.29) is 34.9 Å². The topological polar surface area (TPSA) is 72.9 Å². The van der Waals surface area contributed by atoms with Gasteiger partial charge in [-0.15, -0.1) is 0 Å². The lowest BCUT2D eigenvalue weighted by atomic mass is 9.98. The highest BCUT2D eigenvalue weighted by atomic mass is 32.2. The number of benzene rings is 3. The maximum atomic E-state index is 13.4. The zero-order valence-corrected chi connectivity index (χ0v) is 20.8. The standard InChI is InChI=1S/C27H28FNO5S/c1-18(2)34-26-10-9-24(35(3,31)32)15-25(26)27(30)29-12-11-20-14-23(8-7-21(20)16-29)33-17-19-5-4-6-22(28)13-19/h4-10,13-15,18H,11-12,16-17H2,1-3H3. The molecule has 0 saturated heterocycles. The molecule has 0 spiro atoms. The molecule has 0 aromatic heterocycles. The molecule has 1 amide bonds. The summed E-state index contributed by atoms with van der Waals surface area (Å²) >= 11 is 0. The van der Waals surface area contributed by atoms with E-state index in [1.54, 1.807) is 23.1 Å². The number of nitrogens with zero attached hydrogens (tertiary/aromatic N) is 1. The van der Waals surface area contributed by atoms with Crippen molar-refractivity contribution >= 4 is 15.7 Å². The molecule has 3 aromatic rings. The molecular weight excluding hydrogens is 469 g/mol. The van der Waals surface area contributed by atoms with Gasteiger partial charge in [0.05, 0.1) is 16.6 Å². The highest BCUT2D eigenvalue weighted by Gasteiger charge is 2.26. The molecule has 0 N–H and O–H groups in total. The molecule has 1 heterocycles. The van der Waals surface area contributed by atoms with Crippen molar-refractivity contribution in [2.45, 2.75) is 44.4 Å². The molecule has 0 unspecified atom stereocenters. The van der Waals surface area contributed by atoms with Crippen molar-refractivity contribution in [3.63, 3.8) is 0 Å². The summed E-state index contributed by atoms with van der Waals surface area (Å²) in [5, 5.41) is 0. The van der Waals surface area contributed by atoms with E-state index in [9.17, 15) is 17.6 Å². The maximum absolute atomic E-state index is 13.4. The Hall–Kier alpha value is -3.39. The van der Waals surface area contributed by atoms with E-state index >= 15 is 0 Å². The van der Waals surface area contributed by atoms with Gasteiger partial charge in [0.15, 0.2) is 9.84 Å². The second-order valence-electron chi connectivity index (χ2n) is 8.92. The Kier molecular flexibility index (Phi) is 7.12. The molecule has 1 aliphatic heterocycles. The lowest BCUT2D eigenvalue weighted by Crippen LogP contribution is -2.36. The molecule has 6 nitrogen and oxygen atoms in total. The van der Waals surface area contributed by atoms with Crippen LogP contribution in [0.2, 0.25) is 0 Å². The number of rotatable bonds is 7. The van der Waals surface area contributed by atoms with Crippen LogP contribution in [0.3, 0.4) is 0 Å². The molecule has 1 aliphatic rings. The number of fused-ring (bicyclic) bond motifs is 1. The van der Waals surface area contributed by atoms with E-state index < -0.39 is 9.84 Å². The smallest absolute Gasteiger partial charge is 0.257 e. The van der Waals surface area contributed by atoms with Gasteiger partial charge in [0, 0.05) is 19.3 Å². The molecule has 0 radical (unpaired) electrons. The number of hydrogen-bond donors (Lipinski definition) is 0. The van der Waals surface area contributed by atoms with Crippen LogP contribution < -0.4 is 9.47 Å². The van der Waals surface area contributed by atoms with Crippen LogP contribution in [0.4, 0.5) is 4.39 Å². The Labute approximate surface area is 205 Å². The summed E-state index contributed by atoms with van der Waals surface area (Å²) in [4.78, 5) is 15.2. The van der Waals surface area contributed by atoms with Crippen LogP contribution in [0.25, 0.3) is 0 Å². The van der Waals surface area contributed by atoms with Gasteiger partial charge in [0.25, 0.3) is 5.91 Å². The Bertz CT molecular complexity index is 1350. The summed E-state index contributed by atoms with van der Waals surface area (Å²) in [5.74, 6) is 0.471. The van der Waals surface area contributed by atoms with Crippen LogP contribution in [-0.2, 0) is 29.4 Å². The highest BCUT2D eigenvalue weighted by molar-refractivity contribution is 7.90. The maximum Gasteiger partial charge on any atom is 0.257 e. The molecule has 0 aliphatic carbocycles. The average Bonchev–Trinajstić information content (AvgIpc) is 2.81. The van der Waals surface area contributed by atoms with Gasteiger partial charge in [-0.05, 0) is 79.4 Å². The van der Waals surface area contributed by atoms with Crippen molar-refractivity contribution in [3.8, 4) is 11.5 Å². The third-order valence-corrected chi connectivity index (χ3v) is 6.85. The van der Waals surface area contributed by atoms with E-state index in [0.29, 0.717) is 31.0 Å². The largest absolute Gasteiger partial charge is 0.490 e. The first-order chi connectivity index (χ1) is 16.6. The van der Waals surface area contributed by atoms with Crippen LogP contribution in [0.1, 0.15) is 40.9 Å². The van der Waals surface area contributed by atoms with Crippen molar-refractivity contribution < 1.29 is 27.1 Å². The van der Waals surface area contributed by atoms with Gasteiger partial charge >= 0.3 is 0 Å². The minimum atomic E-state index is -3.48. The lowest BCUT2D eigenvalue weighted by molar-refractivity contribution is 0.0728. The molecule has 8 heteroatoms. The molecule has 184 valence electrons. The Balaban J connectivity index is 1.51. The number of carbonyl (C=O) groups excluding carboxylic acids is 1. The highest BCUT2D eigenvalue weighted by Crippen LogP contribution is 2.29. The molecule has 0 saturated carbocycles. The van der Waals surface area contributed by atoms with Crippen LogP contribution in [0, 0.1) is 5.82 Å². The van der Waals surface area contributed by atoms with Crippen molar-refractivity contribution in [2.75, 3.05) is 12.8 Å². The fourth-order valence-corrected chi connectivity index (χ4v) is 4.67. The summed E-state index contributed by atoms with van der Waals surface area (Å²) in [7, 11) is -3.48. The number of sulfone groups is 1. The Morgan fingerprint density at radius 1 is 1.06 bits per heavy atom. The molecule has 35 heavy (non-hydrogen) atoms. The van der Waals surface area contributed by atoms with Gasteiger partial charge in [-0.3, -0.25) is 4.79 Å². The lowest BCUT2D eigenvalue weighted by Gasteiger charge is -2.30. The summed E-state index contributed by atoms with van der Waals surface area (Å²) in [6.07, 6.45) is 1.58. The van der Waals surface area contributed by atoms with Crippen molar-refractivity contribution in [1.29, 1.82) is 0 Å². The quantitative estimate of drug-likeness (QED) is 0.469. The van der Waals surface area contributed by atoms with Gasteiger partial charge in [0.1, 0.15) is 23.9 Å². The van der Waals surface area contributed by atoms with Crippen molar-refractivity contribution in [1.82, 2.24) is 4.90 Å². The number of amides is 1. The van der Waals surface area contributed by atoms with Gasteiger partial charge in [-0.2, -0.15) is 0 Å². The third kappa shape index (κ3) is 6.00. The van der Waals surface area contributed by atoms with Crippen LogP contribution in [0.5, 0.6) is 11.5 Å². The summed E-state index contributed by atoms with van der Waals surface area (Å²) in [6, 6.07) is 16.4. The van der Waals surface area contributed by atoms with Gasteiger partial charge in [0.2, 0.25) is 0 Å². The normalized spacial score (nSPS) is 13.5. The second-order valence-corrected chi connectivity index (χ2v) is 10.9. The minimum absolute atomic E-state index is 0.0782. The predicted octanol–water partition coefficient (Wildman–Crippen LogP) is 4.79. The second kappa shape index (κ2) is 10.1. The Morgan fingerprint density at radius 3 is 2.57 bits per heavy atom. The number of carbonyl (C=O) groups is 1. The van der Waals surface area contributed by atoms with Crippen LogP contribution in [-0.4, -0.2) is 38.1 Å². The van der Waals surface area contributed by atoms with Crippen molar-refractivity contribution in [2.24, 2.45) is 0 Å². The molecule has 0 fully saturated rings. The van der Waals surface area contributed by atoms with E-state index in [1.807, 2.05) is 32.0 Å². The third-order valence-electron chi connectivity index (χ3n) is 5.74. The first kappa shape index (κ1) is 24.7. The minimum Gasteiger partial charge on any atom is -0.490 e. The molecule has 0 bridgehead atoms. The van der Waals surface area contributed by atoms with Crippen LogP contribution in [0.15, 0.2) is 65.6 Å². The van der Waals surface area contributed by atoms with Crippen molar-refractivity contribution in [3.05, 3.63) is 88.7 Å². The predicted molar refractivity (Wildman–Crippen MR) is 131 cm³/mol. The monoisotopic (exact) mass is 497 g/mol. The first-order valence-corrected chi connectivity index (χ1v) is 13.3. The number of ether oxygens (including phenoxy) is 2. The first-order valence-electron chi connectivity index (χ1n) is 11.4. The Morgan fingerprint density at radius 2 is 1.86 bits per heavy atom. The fraction of sp³-hybridized carbons (Fsp3) is 0.296. The van der Waals surface area contributed by atoms with E-state index in [4.69, 9.17) is 9.47 Å². The molecular formula is C27H28FNO5S. The zero-order chi connectivity index (χ0) is 25.2. The van der Waals surface area contributed by atoms with E-state index in [2.05, 4.69) is 0 Å². The molecule has 3 aromatic carbocycles. The van der Waals surface area contributed by atoms with Crippen LogP contribution >= 0.6 is 0 Å². The molecule has 4 rings (SSSR count). The summed E-state index contributed by atoms with van der Waals surface area (Å²) < 4.78 is 49.2. The molecule has 0 atom stereocenters. The SMILES string of the molecule is CC(C)Oc1ccc(S(C)(=O)=O)cc1C(=O)N1CCc2cc(OCc3cccc(F)c3)ccc2C1.